The first-order valence-corrected chi connectivity index (χ1v) is 16.7. The van der Waals surface area contributed by atoms with Crippen LogP contribution in [-0.4, -0.2) is 64.8 Å². The van der Waals surface area contributed by atoms with Gasteiger partial charge in [0.15, 0.2) is 6.10 Å². The van der Waals surface area contributed by atoms with Crippen molar-refractivity contribution in [2.75, 3.05) is 31.5 Å². The highest BCUT2D eigenvalue weighted by molar-refractivity contribution is 5.88. The quantitative estimate of drug-likeness (QED) is 0.341. The lowest BCUT2D eigenvalue weighted by Gasteiger charge is -2.42. The third-order valence-corrected chi connectivity index (χ3v) is 9.77. The fraction of sp³-hybridized carbons (Fsp3) is 0.421. The summed E-state index contributed by atoms with van der Waals surface area (Å²) in [5.74, 6) is 0.951. The second-order valence-corrected chi connectivity index (χ2v) is 12.6. The predicted octanol–water partition coefficient (Wildman–Crippen LogP) is 6.77. The van der Waals surface area contributed by atoms with Gasteiger partial charge in [-0.2, -0.15) is 0 Å². The third-order valence-electron chi connectivity index (χ3n) is 9.77. The molecule has 2 aromatic rings. The topological polar surface area (TPSA) is 65.1 Å². The van der Waals surface area contributed by atoms with E-state index in [-0.39, 0.29) is 30.3 Å². The van der Waals surface area contributed by atoms with Gasteiger partial charge in [-0.3, -0.25) is 9.59 Å². The van der Waals surface area contributed by atoms with Crippen molar-refractivity contribution in [2.45, 2.75) is 76.4 Å². The van der Waals surface area contributed by atoms with E-state index in [0.717, 1.165) is 86.3 Å². The minimum atomic E-state index is -0.630. The highest BCUT2D eigenvalue weighted by Gasteiger charge is 2.40. The number of fused-ring (bicyclic) bond motifs is 1. The van der Waals surface area contributed by atoms with Crippen molar-refractivity contribution in [1.29, 1.82) is 0 Å². The zero-order valence-electron chi connectivity index (χ0n) is 26.5. The van der Waals surface area contributed by atoms with E-state index < -0.39 is 6.10 Å². The van der Waals surface area contributed by atoms with E-state index in [9.17, 15) is 9.59 Å². The number of likely N-dealkylation sites (tertiary alicyclic amines) is 1. The second kappa shape index (κ2) is 14.2. The first-order chi connectivity index (χ1) is 22.1. The lowest BCUT2D eigenvalue weighted by molar-refractivity contribution is -0.148. The second-order valence-electron chi connectivity index (χ2n) is 12.6. The number of amides is 2. The Morgan fingerprint density at radius 3 is 2.60 bits per heavy atom. The van der Waals surface area contributed by atoms with Crippen molar-refractivity contribution in [3.8, 4) is 5.75 Å². The molecule has 0 bridgehead atoms. The van der Waals surface area contributed by atoms with Crippen LogP contribution in [0.2, 0.25) is 0 Å². The molecule has 1 aliphatic carbocycles. The Balaban J connectivity index is 1.23. The van der Waals surface area contributed by atoms with Crippen molar-refractivity contribution >= 4 is 17.5 Å². The first kappa shape index (κ1) is 30.8. The lowest BCUT2D eigenvalue weighted by atomic mass is 9.79. The van der Waals surface area contributed by atoms with E-state index in [1.807, 2.05) is 46.0 Å². The number of ether oxygens (including phenoxy) is 1. The largest absolute Gasteiger partial charge is 0.478 e. The van der Waals surface area contributed by atoms with Crippen LogP contribution in [0.3, 0.4) is 0 Å². The summed E-state index contributed by atoms with van der Waals surface area (Å²) in [6, 6.07) is 16.7. The molecule has 2 amide bonds. The Hall–Kier alpha value is -4.26. The summed E-state index contributed by atoms with van der Waals surface area (Å²) in [4.78, 5) is 33.9. The SMILES string of the molecule is C=CN1C=CC(CNc2cccc3c2OC(C(=O)N(CC(=O)N2CCCC2)C2CCCC[C@@H]2c2ccccc2)CC3)=C/C1=C/C. The number of anilines is 1. The summed E-state index contributed by atoms with van der Waals surface area (Å²) in [7, 11) is 0. The molecule has 3 aliphatic heterocycles. The van der Waals surface area contributed by atoms with Crippen LogP contribution < -0.4 is 10.1 Å². The Kier molecular flexibility index (Phi) is 9.72. The number of carbonyl (C=O) groups excluding carboxylic acids is 2. The number of nitrogens with one attached hydrogen (secondary N) is 1. The Bertz CT molecular complexity index is 1470. The minimum Gasteiger partial charge on any atom is -0.478 e. The number of hydrogen-bond donors (Lipinski definition) is 1. The molecular weight excluding hydrogens is 560 g/mol. The number of hydrogen-bond acceptors (Lipinski definition) is 5. The van der Waals surface area contributed by atoms with Gasteiger partial charge in [-0.1, -0.05) is 68.0 Å². The van der Waals surface area contributed by atoms with Gasteiger partial charge >= 0.3 is 0 Å². The monoisotopic (exact) mass is 606 g/mol. The zero-order valence-corrected chi connectivity index (χ0v) is 26.5. The summed E-state index contributed by atoms with van der Waals surface area (Å²) in [5, 5.41) is 3.57. The number of para-hydroxylation sites is 1. The van der Waals surface area contributed by atoms with Crippen molar-refractivity contribution in [3.63, 3.8) is 0 Å². The number of benzene rings is 2. The van der Waals surface area contributed by atoms with Gasteiger partial charge in [0.2, 0.25) is 5.91 Å². The van der Waals surface area contributed by atoms with E-state index in [4.69, 9.17) is 4.74 Å². The van der Waals surface area contributed by atoms with Gasteiger partial charge in [-0.25, -0.2) is 0 Å². The number of allylic oxidation sites excluding steroid dienone is 2. The third kappa shape index (κ3) is 6.87. The average Bonchev–Trinajstić information content (AvgIpc) is 3.65. The van der Waals surface area contributed by atoms with E-state index in [2.05, 4.69) is 60.5 Å². The van der Waals surface area contributed by atoms with E-state index in [1.54, 1.807) is 6.20 Å². The van der Waals surface area contributed by atoms with Crippen LogP contribution in [0.1, 0.15) is 68.9 Å². The highest BCUT2D eigenvalue weighted by Crippen LogP contribution is 2.39. The van der Waals surface area contributed by atoms with E-state index >= 15 is 0 Å². The first-order valence-electron chi connectivity index (χ1n) is 16.7. The molecule has 236 valence electrons. The van der Waals surface area contributed by atoms with Crippen LogP contribution in [0.5, 0.6) is 5.75 Å². The number of nitrogens with zero attached hydrogens (tertiary/aromatic N) is 3. The molecule has 3 heterocycles. The van der Waals surface area contributed by atoms with Crippen LogP contribution in [0.15, 0.2) is 97.0 Å². The Morgan fingerprint density at radius 2 is 1.82 bits per heavy atom. The predicted molar refractivity (Wildman–Crippen MR) is 180 cm³/mol. The molecule has 4 aliphatic rings. The summed E-state index contributed by atoms with van der Waals surface area (Å²) >= 11 is 0. The van der Waals surface area contributed by atoms with Crippen LogP contribution in [0.25, 0.3) is 0 Å². The fourth-order valence-electron chi connectivity index (χ4n) is 7.33. The van der Waals surface area contributed by atoms with Gasteiger partial charge in [0.05, 0.1) is 5.69 Å². The molecule has 3 atom stereocenters. The van der Waals surface area contributed by atoms with Gasteiger partial charge < -0.3 is 24.8 Å². The molecule has 45 heavy (non-hydrogen) atoms. The van der Waals surface area contributed by atoms with Crippen LogP contribution in [0, 0.1) is 0 Å². The maximum absolute atomic E-state index is 14.6. The van der Waals surface area contributed by atoms with Gasteiger partial charge in [-0.05, 0) is 80.4 Å². The maximum atomic E-state index is 14.6. The van der Waals surface area contributed by atoms with Gasteiger partial charge in [0, 0.05) is 49.7 Å². The zero-order chi connectivity index (χ0) is 31.2. The van der Waals surface area contributed by atoms with E-state index in [0.29, 0.717) is 13.0 Å². The van der Waals surface area contributed by atoms with Crippen molar-refractivity contribution < 1.29 is 14.3 Å². The molecule has 2 aromatic carbocycles. The lowest BCUT2D eigenvalue weighted by Crippen LogP contribution is -2.54. The Morgan fingerprint density at radius 1 is 1.02 bits per heavy atom. The molecule has 2 unspecified atom stereocenters. The molecule has 1 N–H and O–H groups in total. The summed E-state index contributed by atoms with van der Waals surface area (Å²) in [5.41, 5.74) is 5.44. The van der Waals surface area contributed by atoms with Crippen molar-refractivity contribution in [3.05, 3.63) is 108 Å². The fourth-order valence-corrected chi connectivity index (χ4v) is 7.33. The molecule has 0 spiro atoms. The summed E-state index contributed by atoms with van der Waals surface area (Å²) in [6.07, 6.45) is 17.0. The van der Waals surface area contributed by atoms with E-state index in [1.165, 1.54) is 5.56 Å². The molecule has 7 heteroatoms. The standard InChI is InChI=1S/C38H46N4O3/c1-3-31-25-28(21-24-40(31)4-2)26-39-33-17-12-15-30-19-20-35(45-37(30)33)38(44)42(27-36(43)41-22-10-11-23-41)34-18-9-8-16-32(34)29-13-6-5-7-14-29/h3-7,12-15,17,21,24-25,32,34-35,39H,2,8-11,16,18-20,22-23,26-27H2,1H3/b31-3-/t32-,34?,35?/m1/s1. The van der Waals surface area contributed by atoms with Gasteiger partial charge in [0.1, 0.15) is 12.3 Å². The summed E-state index contributed by atoms with van der Waals surface area (Å²) < 4.78 is 6.61. The molecular formula is C38H46N4O3. The minimum absolute atomic E-state index is 0.0282. The molecule has 0 radical (unpaired) electrons. The van der Waals surface area contributed by atoms with Crippen LogP contribution >= 0.6 is 0 Å². The van der Waals surface area contributed by atoms with Gasteiger partial charge in [-0.15, -0.1) is 0 Å². The summed E-state index contributed by atoms with van der Waals surface area (Å²) in [6.45, 7) is 8.21. The molecule has 1 saturated heterocycles. The number of rotatable bonds is 9. The highest BCUT2D eigenvalue weighted by atomic mass is 16.5. The molecule has 2 fully saturated rings. The van der Waals surface area contributed by atoms with Crippen molar-refractivity contribution in [1.82, 2.24) is 14.7 Å². The van der Waals surface area contributed by atoms with Crippen LogP contribution in [0.4, 0.5) is 5.69 Å². The normalized spacial score (nSPS) is 23.6. The number of carbonyl (C=O) groups is 2. The maximum Gasteiger partial charge on any atom is 0.264 e. The Labute approximate surface area is 267 Å². The molecule has 7 nitrogen and oxygen atoms in total. The molecule has 0 aromatic heterocycles. The van der Waals surface area contributed by atoms with Gasteiger partial charge in [0.25, 0.3) is 5.91 Å². The smallest absolute Gasteiger partial charge is 0.264 e. The van der Waals surface area contributed by atoms with Crippen LogP contribution in [-0.2, 0) is 16.0 Å². The van der Waals surface area contributed by atoms with Crippen molar-refractivity contribution in [2.24, 2.45) is 0 Å². The molecule has 6 rings (SSSR count). The molecule has 1 saturated carbocycles. The number of aryl methyl sites for hydroxylation is 1. The average molecular weight is 607 g/mol.